The van der Waals surface area contributed by atoms with E-state index in [9.17, 15) is 9.18 Å². The minimum atomic E-state index is -0.265. The lowest BCUT2D eigenvalue weighted by molar-refractivity contribution is 0.0957. The molecule has 1 heterocycles. The molecule has 1 aromatic heterocycles. The molecule has 0 aliphatic heterocycles. The fourth-order valence-corrected chi connectivity index (χ4v) is 2.73. The second-order valence-electron chi connectivity index (χ2n) is 5.01. The van der Waals surface area contributed by atoms with Crippen molar-refractivity contribution in [2.45, 2.75) is 13.5 Å². The molecule has 6 nitrogen and oxygen atoms in total. The van der Waals surface area contributed by atoms with Gasteiger partial charge >= 0.3 is 0 Å². The SMILES string of the molecule is CN=C(NCCNC(=O)c1scnc1C)NCc1cccc(F)c1.I. The Morgan fingerprint density at radius 3 is 2.68 bits per heavy atom. The number of aryl methyl sites for hydroxylation is 1. The van der Waals surface area contributed by atoms with Crippen molar-refractivity contribution < 1.29 is 9.18 Å². The van der Waals surface area contributed by atoms with Crippen LogP contribution in [0.1, 0.15) is 20.9 Å². The topological polar surface area (TPSA) is 78.4 Å². The van der Waals surface area contributed by atoms with E-state index in [1.54, 1.807) is 18.6 Å². The van der Waals surface area contributed by atoms with Crippen molar-refractivity contribution >= 4 is 47.2 Å². The Balaban J connectivity index is 0.00000312. The average molecular weight is 477 g/mol. The van der Waals surface area contributed by atoms with Crippen molar-refractivity contribution in [2.75, 3.05) is 20.1 Å². The van der Waals surface area contributed by atoms with Crippen LogP contribution < -0.4 is 16.0 Å². The molecule has 0 bridgehead atoms. The molecule has 3 N–H and O–H groups in total. The van der Waals surface area contributed by atoms with E-state index in [1.807, 2.05) is 13.0 Å². The van der Waals surface area contributed by atoms with Crippen molar-refractivity contribution in [2.24, 2.45) is 4.99 Å². The Labute approximate surface area is 167 Å². The van der Waals surface area contributed by atoms with E-state index in [0.717, 1.165) is 11.3 Å². The van der Waals surface area contributed by atoms with Gasteiger partial charge in [0.15, 0.2) is 5.96 Å². The lowest BCUT2D eigenvalue weighted by atomic mass is 10.2. The molecule has 0 saturated heterocycles. The summed E-state index contributed by atoms with van der Waals surface area (Å²) in [6.07, 6.45) is 0. The van der Waals surface area contributed by atoms with Crippen molar-refractivity contribution in [3.63, 3.8) is 0 Å². The summed E-state index contributed by atoms with van der Waals surface area (Å²) >= 11 is 1.32. The van der Waals surface area contributed by atoms with Crippen LogP contribution in [0, 0.1) is 12.7 Å². The molecule has 0 fully saturated rings. The number of nitrogens with one attached hydrogen (secondary N) is 3. The van der Waals surface area contributed by atoms with Gasteiger partial charge in [0.2, 0.25) is 0 Å². The number of rotatable bonds is 6. The summed E-state index contributed by atoms with van der Waals surface area (Å²) in [5, 5.41) is 9.00. The molecular formula is C16H21FIN5OS. The van der Waals surface area contributed by atoms with Crippen LogP contribution in [0.15, 0.2) is 34.8 Å². The van der Waals surface area contributed by atoms with E-state index in [-0.39, 0.29) is 35.7 Å². The van der Waals surface area contributed by atoms with Crippen LogP contribution in [0.2, 0.25) is 0 Å². The summed E-state index contributed by atoms with van der Waals surface area (Å²) in [7, 11) is 1.65. The number of carbonyl (C=O) groups is 1. The molecule has 25 heavy (non-hydrogen) atoms. The molecule has 0 aliphatic carbocycles. The number of benzene rings is 1. The summed E-state index contributed by atoms with van der Waals surface area (Å²) in [6, 6.07) is 6.38. The molecule has 0 unspecified atom stereocenters. The highest BCUT2D eigenvalue weighted by molar-refractivity contribution is 14.0. The quantitative estimate of drug-likeness (QED) is 0.258. The maximum Gasteiger partial charge on any atom is 0.263 e. The van der Waals surface area contributed by atoms with Gasteiger partial charge in [-0.05, 0) is 24.6 Å². The van der Waals surface area contributed by atoms with Crippen molar-refractivity contribution in [3.8, 4) is 0 Å². The van der Waals surface area contributed by atoms with Gasteiger partial charge < -0.3 is 16.0 Å². The van der Waals surface area contributed by atoms with Gasteiger partial charge in [-0.1, -0.05) is 12.1 Å². The van der Waals surface area contributed by atoms with Gasteiger partial charge in [-0.25, -0.2) is 9.37 Å². The Morgan fingerprint density at radius 2 is 2.04 bits per heavy atom. The number of aliphatic imine (C=N–C) groups is 1. The van der Waals surface area contributed by atoms with Crippen LogP contribution in [-0.4, -0.2) is 37.0 Å². The number of halogens is 2. The molecule has 0 spiro atoms. The molecule has 1 amide bonds. The van der Waals surface area contributed by atoms with Crippen LogP contribution in [0.25, 0.3) is 0 Å². The lowest BCUT2D eigenvalue weighted by Gasteiger charge is -2.12. The Bertz CT molecular complexity index is 722. The van der Waals surface area contributed by atoms with Gasteiger partial charge in [0, 0.05) is 26.7 Å². The molecule has 136 valence electrons. The fraction of sp³-hybridized carbons (Fsp3) is 0.312. The number of hydrogen-bond acceptors (Lipinski definition) is 4. The minimum absolute atomic E-state index is 0. The predicted molar refractivity (Wildman–Crippen MR) is 109 cm³/mol. The molecule has 0 radical (unpaired) electrons. The minimum Gasteiger partial charge on any atom is -0.355 e. The van der Waals surface area contributed by atoms with E-state index in [0.29, 0.717) is 30.5 Å². The molecule has 9 heteroatoms. The maximum absolute atomic E-state index is 13.1. The summed E-state index contributed by atoms with van der Waals surface area (Å²) in [4.78, 5) is 20.7. The van der Waals surface area contributed by atoms with E-state index in [1.165, 1.54) is 23.5 Å². The van der Waals surface area contributed by atoms with Gasteiger partial charge in [-0.2, -0.15) is 0 Å². The second-order valence-corrected chi connectivity index (χ2v) is 5.86. The van der Waals surface area contributed by atoms with Gasteiger partial charge in [-0.3, -0.25) is 9.79 Å². The fourth-order valence-electron chi connectivity index (χ4n) is 2.01. The summed E-state index contributed by atoms with van der Waals surface area (Å²) in [5.74, 6) is 0.195. The number of thiazole rings is 1. The summed E-state index contributed by atoms with van der Waals surface area (Å²) in [6.45, 7) is 3.24. The Kier molecular flexibility index (Phi) is 9.35. The first-order chi connectivity index (χ1) is 11.6. The predicted octanol–water partition coefficient (Wildman–Crippen LogP) is 2.30. The van der Waals surface area contributed by atoms with Gasteiger partial charge in [0.1, 0.15) is 10.7 Å². The highest BCUT2D eigenvalue weighted by atomic mass is 127. The summed E-state index contributed by atoms with van der Waals surface area (Å²) < 4.78 is 13.1. The smallest absolute Gasteiger partial charge is 0.263 e. The van der Waals surface area contributed by atoms with E-state index < -0.39 is 0 Å². The van der Waals surface area contributed by atoms with Gasteiger partial charge in [0.05, 0.1) is 11.2 Å². The van der Waals surface area contributed by atoms with E-state index >= 15 is 0 Å². The molecule has 2 aromatic rings. The second kappa shape index (κ2) is 11.0. The Hall–Kier alpha value is -1.75. The van der Waals surface area contributed by atoms with Crippen molar-refractivity contribution in [1.82, 2.24) is 20.9 Å². The number of guanidine groups is 1. The largest absolute Gasteiger partial charge is 0.355 e. The van der Waals surface area contributed by atoms with Gasteiger partial charge in [-0.15, -0.1) is 35.3 Å². The average Bonchev–Trinajstić information content (AvgIpc) is 3.00. The number of amides is 1. The first-order valence-corrected chi connectivity index (χ1v) is 8.35. The van der Waals surface area contributed by atoms with E-state index in [2.05, 4.69) is 25.9 Å². The zero-order chi connectivity index (χ0) is 17.4. The molecular weight excluding hydrogens is 456 g/mol. The first kappa shape index (κ1) is 21.3. The van der Waals surface area contributed by atoms with Crippen LogP contribution in [0.4, 0.5) is 4.39 Å². The summed E-state index contributed by atoms with van der Waals surface area (Å²) in [5.41, 5.74) is 3.21. The van der Waals surface area contributed by atoms with E-state index in [4.69, 9.17) is 0 Å². The third-order valence-corrected chi connectivity index (χ3v) is 4.15. The highest BCUT2D eigenvalue weighted by Gasteiger charge is 2.10. The monoisotopic (exact) mass is 477 g/mol. The number of nitrogens with zero attached hydrogens (tertiary/aromatic N) is 2. The van der Waals surface area contributed by atoms with Crippen LogP contribution in [0.3, 0.4) is 0 Å². The normalized spacial score (nSPS) is 10.8. The highest BCUT2D eigenvalue weighted by Crippen LogP contribution is 2.11. The number of carbonyl (C=O) groups excluding carboxylic acids is 1. The van der Waals surface area contributed by atoms with Crippen LogP contribution in [-0.2, 0) is 6.54 Å². The Morgan fingerprint density at radius 1 is 1.28 bits per heavy atom. The third-order valence-electron chi connectivity index (χ3n) is 3.23. The molecule has 2 rings (SSSR count). The van der Waals surface area contributed by atoms with Gasteiger partial charge in [0.25, 0.3) is 5.91 Å². The molecule has 0 saturated carbocycles. The number of hydrogen-bond donors (Lipinski definition) is 3. The molecule has 0 aliphatic rings. The number of aromatic nitrogens is 1. The van der Waals surface area contributed by atoms with Crippen molar-refractivity contribution in [3.05, 3.63) is 51.7 Å². The first-order valence-electron chi connectivity index (χ1n) is 7.47. The lowest BCUT2D eigenvalue weighted by Crippen LogP contribution is -2.41. The molecule has 1 aromatic carbocycles. The van der Waals surface area contributed by atoms with Crippen LogP contribution >= 0.6 is 35.3 Å². The zero-order valence-electron chi connectivity index (χ0n) is 14.0. The third kappa shape index (κ3) is 6.94. The van der Waals surface area contributed by atoms with Crippen molar-refractivity contribution in [1.29, 1.82) is 0 Å². The standard InChI is InChI=1S/C16H20FN5OS.HI/c1-11-14(24-10-22-11)15(23)19-6-7-20-16(18-2)21-9-12-4-3-5-13(17)8-12;/h3-5,8,10H,6-7,9H2,1-2H3,(H,19,23)(H2,18,20,21);1H. The zero-order valence-corrected chi connectivity index (χ0v) is 17.2. The maximum atomic E-state index is 13.1. The molecule has 0 atom stereocenters. The van der Waals surface area contributed by atoms with Crippen LogP contribution in [0.5, 0.6) is 0 Å².